The van der Waals surface area contributed by atoms with Gasteiger partial charge in [-0.25, -0.2) is 4.39 Å². The van der Waals surface area contributed by atoms with Gasteiger partial charge in [-0.2, -0.15) is 0 Å². The first-order valence-corrected chi connectivity index (χ1v) is 7.49. The topological polar surface area (TPSA) is 47.6 Å². The molecule has 1 amide bonds. The molecule has 5 heteroatoms. The number of rotatable bonds is 6. The molecule has 2 aromatic rings. The highest BCUT2D eigenvalue weighted by atomic mass is 19.1. The van der Waals surface area contributed by atoms with Crippen LogP contribution in [0.3, 0.4) is 0 Å². The minimum absolute atomic E-state index is 0.220. The van der Waals surface area contributed by atoms with Crippen LogP contribution in [0.2, 0.25) is 0 Å². The second-order valence-corrected chi connectivity index (χ2v) is 5.26. The first kappa shape index (κ1) is 17.5. The van der Waals surface area contributed by atoms with Crippen molar-refractivity contribution in [3.8, 4) is 11.5 Å². The van der Waals surface area contributed by atoms with Crippen LogP contribution in [-0.4, -0.2) is 20.1 Å². The number of hydrogen-bond acceptors (Lipinski definition) is 3. The van der Waals surface area contributed by atoms with Crippen molar-refractivity contribution in [2.45, 2.75) is 13.0 Å². The lowest BCUT2D eigenvalue weighted by atomic mass is 10.1. The molecule has 1 atom stereocenters. The van der Waals surface area contributed by atoms with E-state index in [-0.39, 0.29) is 17.8 Å². The van der Waals surface area contributed by atoms with Gasteiger partial charge in [0.2, 0.25) is 5.91 Å². The molecule has 126 valence electrons. The minimum Gasteiger partial charge on any atom is -0.497 e. The second-order valence-electron chi connectivity index (χ2n) is 5.26. The first-order chi connectivity index (χ1) is 11.5. The van der Waals surface area contributed by atoms with Crippen LogP contribution < -0.4 is 14.8 Å². The molecule has 1 N–H and O–H groups in total. The molecule has 0 fully saturated rings. The largest absolute Gasteiger partial charge is 0.497 e. The molecule has 0 heterocycles. The van der Waals surface area contributed by atoms with E-state index in [1.165, 1.54) is 18.2 Å². The van der Waals surface area contributed by atoms with Gasteiger partial charge in [-0.05, 0) is 48.4 Å². The molecule has 0 aliphatic heterocycles. The standard InChI is InChI=1S/C19H20FNO3/c1-13(15-5-7-16(20)8-6-15)21-19(22)9-4-14-10-17(23-2)12-18(11-14)24-3/h4-13H,1-3H3,(H,21,22)/b9-4+. The van der Waals surface area contributed by atoms with E-state index in [9.17, 15) is 9.18 Å². The number of nitrogens with one attached hydrogen (secondary N) is 1. The molecule has 0 radical (unpaired) electrons. The molecule has 0 saturated carbocycles. The maximum absolute atomic E-state index is 12.9. The Balaban J connectivity index is 2.03. The average Bonchev–Trinajstić information content (AvgIpc) is 2.60. The molecule has 2 aromatic carbocycles. The fourth-order valence-corrected chi connectivity index (χ4v) is 2.19. The minimum atomic E-state index is -0.302. The predicted octanol–water partition coefficient (Wildman–Crippen LogP) is 3.73. The summed E-state index contributed by atoms with van der Waals surface area (Å²) in [5.74, 6) is 0.751. The fourth-order valence-electron chi connectivity index (χ4n) is 2.19. The van der Waals surface area contributed by atoms with Gasteiger partial charge >= 0.3 is 0 Å². The van der Waals surface area contributed by atoms with Gasteiger partial charge in [0, 0.05) is 12.1 Å². The van der Waals surface area contributed by atoms with Crippen molar-refractivity contribution in [1.82, 2.24) is 5.32 Å². The van der Waals surface area contributed by atoms with Gasteiger partial charge in [0.1, 0.15) is 17.3 Å². The summed E-state index contributed by atoms with van der Waals surface area (Å²) in [5, 5.41) is 2.83. The van der Waals surface area contributed by atoms with Crippen LogP contribution in [0.1, 0.15) is 24.1 Å². The van der Waals surface area contributed by atoms with Crippen molar-refractivity contribution in [2.24, 2.45) is 0 Å². The summed E-state index contributed by atoms with van der Waals surface area (Å²) in [4.78, 5) is 12.0. The number of carbonyl (C=O) groups is 1. The van der Waals surface area contributed by atoms with Gasteiger partial charge in [0.05, 0.1) is 20.3 Å². The predicted molar refractivity (Wildman–Crippen MR) is 91.5 cm³/mol. The number of hydrogen-bond donors (Lipinski definition) is 1. The molecule has 24 heavy (non-hydrogen) atoms. The van der Waals surface area contributed by atoms with Crippen molar-refractivity contribution in [1.29, 1.82) is 0 Å². The van der Waals surface area contributed by atoms with Gasteiger partial charge in [-0.3, -0.25) is 4.79 Å². The van der Waals surface area contributed by atoms with Crippen molar-refractivity contribution >= 4 is 12.0 Å². The lowest BCUT2D eigenvalue weighted by Crippen LogP contribution is -2.24. The zero-order valence-electron chi connectivity index (χ0n) is 13.9. The third kappa shape index (κ3) is 4.84. The van der Waals surface area contributed by atoms with E-state index in [1.807, 2.05) is 6.92 Å². The molecular formula is C19H20FNO3. The fraction of sp³-hybridized carbons (Fsp3) is 0.211. The molecular weight excluding hydrogens is 309 g/mol. The summed E-state index contributed by atoms with van der Waals surface area (Å²) in [6.45, 7) is 1.84. The molecule has 4 nitrogen and oxygen atoms in total. The number of halogens is 1. The number of benzene rings is 2. The smallest absolute Gasteiger partial charge is 0.244 e. The Kier molecular flexibility index (Phi) is 5.95. The Morgan fingerprint density at radius 3 is 2.21 bits per heavy atom. The van der Waals surface area contributed by atoms with Gasteiger partial charge in [0.25, 0.3) is 0 Å². The van der Waals surface area contributed by atoms with Gasteiger partial charge < -0.3 is 14.8 Å². The zero-order chi connectivity index (χ0) is 17.5. The highest BCUT2D eigenvalue weighted by molar-refractivity contribution is 5.92. The van der Waals surface area contributed by atoms with E-state index in [1.54, 1.807) is 50.6 Å². The average molecular weight is 329 g/mol. The monoisotopic (exact) mass is 329 g/mol. The van der Waals surface area contributed by atoms with Crippen LogP contribution in [0.15, 0.2) is 48.5 Å². The van der Waals surface area contributed by atoms with Crippen LogP contribution in [0, 0.1) is 5.82 Å². The molecule has 0 aromatic heterocycles. The van der Waals surface area contributed by atoms with E-state index in [2.05, 4.69) is 5.32 Å². The van der Waals surface area contributed by atoms with Crippen LogP contribution in [0.5, 0.6) is 11.5 Å². The summed E-state index contributed by atoms with van der Waals surface area (Å²) < 4.78 is 23.3. The lowest BCUT2D eigenvalue weighted by molar-refractivity contribution is -0.117. The zero-order valence-corrected chi connectivity index (χ0v) is 13.9. The number of carbonyl (C=O) groups excluding carboxylic acids is 1. The van der Waals surface area contributed by atoms with Crippen molar-refractivity contribution in [3.05, 3.63) is 65.5 Å². The quantitative estimate of drug-likeness (QED) is 0.822. The molecule has 0 bridgehead atoms. The van der Waals surface area contributed by atoms with Crippen LogP contribution in [0.4, 0.5) is 4.39 Å². The van der Waals surface area contributed by atoms with Crippen LogP contribution in [0.25, 0.3) is 6.08 Å². The number of ether oxygens (including phenoxy) is 2. The van der Waals surface area contributed by atoms with Crippen LogP contribution >= 0.6 is 0 Å². The van der Waals surface area contributed by atoms with Gasteiger partial charge in [0.15, 0.2) is 0 Å². The lowest BCUT2D eigenvalue weighted by Gasteiger charge is -2.12. The normalized spacial score (nSPS) is 12.0. The molecule has 2 rings (SSSR count). The Morgan fingerprint density at radius 2 is 1.67 bits per heavy atom. The second kappa shape index (κ2) is 8.15. The van der Waals surface area contributed by atoms with Crippen molar-refractivity contribution in [3.63, 3.8) is 0 Å². The Hall–Kier alpha value is -2.82. The summed E-state index contributed by atoms with van der Waals surface area (Å²) in [6.07, 6.45) is 3.12. The summed E-state index contributed by atoms with van der Waals surface area (Å²) in [5.41, 5.74) is 1.62. The van der Waals surface area contributed by atoms with E-state index in [0.717, 1.165) is 11.1 Å². The number of methoxy groups -OCH3 is 2. The molecule has 0 aliphatic carbocycles. The molecule has 0 spiro atoms. The van der Waals surface area contributed by atoms with Crippen LogP contribution in [-0.2, 0) is 4.79 Å². The van der Waals surface area contributed by atoms with Gasteiger partial charge in [-0.15, -0.1) is 0 Å². The highest BCUT2D eigenvalue weighted by Crippen LogP contribution is 2.23. The third-order valence-corrected chi connectivity index (χ3v) is 3.53. The van der Waals surface area contributed by atoms with E-state index in [0.29, 0.717) is 11.5 Å². The Labute approximate surface area is 140 Å². The molecule has 0 aliphatic rings. The van der Waals surface area contributed by atoms with E-state index < -0.39 is 0 Å². The summed E-state index contributed by atoms with van der Waals surface area (Å²) >= 11 is 0. The Morgan fingerprint density at radius 1 is 1.08 bits per heavy atom. The SMILES string of the molecule is COc1cc(/C=C/C(=O)NC(C)c2ccc(F)cc2)cc(OC)c1. The summed E-state index contributed by atoms with van der Waals surface area (Å²) in [6, 6.07) is 11.2. The first-order valence-electron chi connectivity index (χ1n) is 7.49. The summed E-state index contributed by atoms with van der Waals surface area (Å²) in [7, 11) is 3.14. The van der Waals surface area contributed by atoms with Crippen molar-refractivity contribution in [2.75, 3.05) is 14.2 Å². The molecule has 1 unspecified atom stereocenters. The van der Waals surface area contributed by atoms with Gasteiger partial charge in [-0.1, -0.05) is 12.1 Å². The van der Waals surface area contributed by atoms with E-state index in [4.69, 9.17) is 9.47 Å². The molecule has 0 saturated heterocycles. The maximum atomic E-state index is 12.9. The number of amides is 1. The highest BCUT2D eigenvalue weighted by Gasteiger charge is 2.07. The maximum Gasteiger partial charge on any atom is 0.244 e. The van der Waals surface area contributed by atoms with Crippen molar-refractivity contribution < 1.29 is 18.7 Å². The third-order valence-electron chi connectivity index (χ3n) is 3.53. The van der Waals surface area contributed by atoms with E-state index >= 15 is 0 Å². The Bertz CT molecular complexity index is 704.